The molecule has 1 aromatic carbocycles. The fourth-order valence-electron chi connectivity index (χ4n) is 5.07. The van der Waals surface area contributed by atoms with Gasteiger partial charge in [0.1, 0.15) is 0 Å². The van der Waals surface area contributed by atoms with Crippen LogP contribution in [-0.4, -0.2) is 0 Å². The molecule has 0 aliphatic heterocycles. The van der Waals surface area contributed by atoms with Gasteiger partial charge in [-0.15, -0.1) is 0 Å². The fourth-order valence-corrected chi connectivity index (χ4v) is 5.07. The Hall–Kier alpha value is -0.780. The van der Waals surface area contributed by atoms with E-state index in [-0.39, 0.29) is 5.41 Å². The van der Waals surface area contributed by atoms with Crippen molar-refractivity contribution in [1.82, 2.24) is 0 Å². The third-order valence-corrected chi connectivity index (χ3v) is 7.20. The molecule has 22 heavy (non-hydrogen) atoms. The average Bonchev–Trinajstić information content (AvgIpc) is 2.47. The van der Waals surface area contributed by atoms with E-state index in [4.69, 9.17) is 0 Å². The summed E-state index contributed by atoms with van der Waals surface area (Å²) in [7, 11) is 0. The van der Waals surface area contributed by atoms with Crippen molar-refractivity contribution in [3.05, 3.63) is 35.4 Å². The molecule has 3 aliphatic carbocycles. The van der Waals surface area contributed by atoms with Gasteiger partial charge in [-0.05, 0) is 71.3 Å². The Kier molecular flexibility index (Phi) is 3.55. The van der Waals surface area contributed by atoms with Crippen molar-refractivity contribution in [3.8, 4) is 0 Å². The minimum Gasteiger partial charge on any atom is -0.0596 e. The smallest absolute Gasteiger partial charge is 0.00463 e. The molecule has 1 aromatic rings. The predicted octanol–water partition coefficient (Wildman–Crippen LogP) is 6.62. The second kappa shape index (κ2) is 4.86. The largest absolute Gasteiger partial charge is 0.0596 e. The van der Waals surface area contributed by atoms with Crippen molar-refractivity contribution in [1.29, 1.82) is 0 Å². The number of benzene rings is 1. The Bertz CT molecular complexity index is 508. The van der Waals surface area contributed by atoms with Crippen LogP contribution < -0.4 is 0 Å². The summed E-state index contributed by atoms with van der Waals surface area (Å²) >= 11 is 0. The predicted molar refractivity (Wildman–Crippen MR) is 96.4 cm³/mol. The molecule has 0 unspecified atom stereocenters. The van der Waals surface area contributed by atoms with E-state index >= 15 is 0 Å². The second-order valence-corrected chi connectivity index (χ2v) is 10.1. The molecule has 0 heterocycles. The Morgan fingerprint density at radius 3 is 1.50 bits per heavy atom. The maximum Gasteiger partial charge on any atom is -0.00463 e. The van der Waals surface area contributed by atoms with Crippen LogP contribution in [-0.2, 0) is 10.8 Å². The molecule has 0 N–H and O–H groups in total. The molecular formula is C22H34. The van der Waals surface area contributed by atoms with Gasteiger partial charge < -0.3 is 0 Å². The molecule has 3 saturated carbocycles. The van der Waals surface area contributed by atoms with Gasteiger partial charge in [-0.25, -0.2) is 0 Å². The maximum absolute atomic E-state index is 2.46. The van der Waals surface area contributed by atoms with Crippen LogP contribution >= 0.6 is 0 Å². The summed E-state index contributed by atoms with van der Waals surface area (Å²) < 4.78 is 0. The minimum atomic E-state index is 0.261. The maximum atomic E-state index is 2.46. The monoisotopic (exact) mass is 298 g/mol. The van der Waals surface area contributed by atoms with Crippen molar-refractivity contribution < 1.29 is 0 Å². The second-order valence-electron chi connectivity index (χ2n) is 10.1. The Morgan fingerprint density at radius 1 is 0.682 bits per heavy atom. The molecule has 0 heteroatoms. The van der Waals surface area contributed by atoms with Crippen molar-refractivity contribution in [2.45, 2.75) is 90.9 Å². The van der Waals surface area contributed by atoms with E-state index in [9.17, 15) is 0 Å². The third-order valence-electron chi connectivity index (χ3n) is 7.20. The van der Waals surface area contributed by atoms with E-state index in [0.717, 1.165) is 0 Å². The van der Waals surface area contributed by atoms with Gasteiger partial charge in [0.15, 0.2) is 0 Å². The Balaban J connectivity index is 1.83. The lowest BCUT2D eigenvalue weighted by atomic mass is 9.46. The van der Waals surface area contributed by atoms with Gasteiger partial charge in [0.05, 0.1) is 0 Å². The summed E-state index contributed by atoms with van der Waals surface area (Å²) in [6, 6.07) is 9.64. The summed E-state index contributed by atoms with van der Waals surface area (Å²) in [6.07, 6.45) is 8.49. The Labute approximate surface area is 137 Å². The molecule has 0 nitrogen and oxygen atoms in total. The van der Waals surface area contributed by atoms with Crippen LogP contribution in [0.25, 0.3) is 0 Å². The van der Waals surface area contributed by atoms with Crippen LogP contribution in [0.1, 0.15) is 91.2 Å². The molecular weight excluding hydrogens is 264 g/mol. The first-order chi connectivity index (χ1) is 10.1. The first-order valence-electron chi connectivity index (χ1n) is 9.19. The highest BCUT2D eigenvalue weighted by Crippen LogP contribution is 2.63. The van der Waals surface area contributed by atoms with Gasteiger partial charge in [0, 0.05) is 0 Å². The lowest BCUT2D eigenvalue weighted by Gasteiger charge is -2.59. The quantitative estimate of drug-likeness (QED) is 0.546. The molecule has 3 fully saturated rings. The van der Waals surface area contributed by atoms with E-state index in [2.05, 4.69) is 65.8 Å². The standard InChI is InChI=1S/C22H34/c1-19(2,3)17-7-9-18(10-8-17)21-11-14-22(15-12-21,16-13-21)20(4,5)6/h7-10H,11-16H2,1-6H3. The molecule has 0 radical (unpaired) electrons. The fraction of sp³-hybridized carbons (Fsp3) is 0.727. The van der Waals surface area contributed by atoms with E-state index in [1.165, 1.54) is 44.1 Å². The van der Waals surface area contributed by atoms with E-state index in [1.54, 1.807) is 5.56 Å². The van der Waals surface area contributed by atoms with Crippen LogP contribution in [0.2, 0.25) is 0 Å². The van der Waals surface area contributed by atoms with Gasteiger partial charge >= 0.3 is 0 Å². The number of hydrogen-bond donors (Lipinski definition) is 0. The highest BCUT2D eigenvalue weighted by atomic mass is 14.6. The topological polar surface area (TPSA) is 0 Å². The lowest BCUT2D eigenvalue weighted by Crippen LogP contribution is -2.49. The van der Waals surface area contributed by atoms with Crippen LogP contribution in [0.5, 0.6) is 0 Å². The van der Waals surface area contributed by atoms with Crippen molar-refractivity contribution in [2.75, 3.05) is 0 Å². The summed E-state index contributed by atoms with van der Waals surface area (Å²) in [5.74, 6) is 0. The molecule has 3 aliphatic rings. The molecule has 0 amide bonds. The lowest BCUT2D eigenvalue weighted by molar-refractivity contribution is -0.0461. The normalized spacial score (nSPS) is 32.3. The van der Waals surface area contributed by atoms with Crippen LogP contribution in [0.3, 0.4) is 0 Å². The van der Waals surface area contributed by atoms with Crippen LogP contribution in [0.4, 0.5) is 0 Å². The Morgan fingerprint density at radius 2 is 1.14 bits per heavy atom. The molecule has 4 rings (SSSR count). The molecule has 0 saturated heterocycles. The third kappa shape index (κ3) is 2.43. The van der Waals surface area contributed by atoms with Crippen LogP contribution in [0, 0.1) is 10.8 Å². The minimum absolute atomic E-state index is 0.261. The number of fused-ring (bicyclic) bond motifs is 3. The molecule has 0 atom stereocenters. The molecule has 0 aromatic heterocycles. The van der Waals surface area contributed by atoms with E-state index < -0.39 is 0 Å². The van der Waals surface area contributed by atoms with Crippen molar-refractivity contribution in [3.63, 3.8) is 0 Å². The van der Waals surface area contributed by atoms with Gasteiger partial charge in [0.25, 0.3) is 0 Å². The SMILES string of the molecule is CC(C)(C)c1ccc(C23CCC(C(C)(C)C)(CC2)CC3)cc1. The van der Waals surface area contributed by atoms with Crippen molar-refractivity contribution in [2.24, 2.45) is 10.8 Å². The zero-order valence-electron chi connectivity index (χ0n) is 15.6. The van der Waals surface area contributed by atoms with Gasteiger partial charge in [-0.3, -0.25) is 0 Å². The van der Waals surface area contributed by atoms with Gasteiger partial charge in [0.2, 0.25) is 0 Å². The van der Waals surface area contributed by atoms with Gasteiger partial charge in [-0.2, -0.15) is 0 Å². The summed E-state index contributed by atoms with van der Waals surface area (Å²) in [6.45, 7) is 14.3. The summed E-state index contributed by atoms with van der Waals surface area (Å²) in [4.78, 5) is 0. The first-order valence-corrected chi connectivity index (χ1v) is 9.19. The van der Waals surface area contributed by atoms with E-state index in [0.29, 0.717) is 16.2 Å². The zero-order chi connectivity index (χ0) is 16.2. The summed E-state index contributed by atoms with van der Waals surface area (Å²) in [5, 5.41) is 0. The number of hydrogen-bond acceptors (Lipinski definition) is 0. The van der Waals surface area contributed by atoms with Gasteiger partial charge in [-0.1, -0.05) is 65.8 Å². The summed E-state index contributed by atoms with van der Waals surface area (Å²) in [5.41, 5.74) is 4.90. The molecule has 122 valence electrons. The highest BCUT2D eigenvalue weighted by Gasteiger charge is 2.53. The average molecular weight is 299 g/mol. The molecule has 2 bridgehead atoms. The van der Waals surface area contributed by atoms with Crippen molar-refractivity contribution >= 4 is 0 Å². The molecule has 0 spiro atoms. The van der Waals surface area contributed by atoms with E-state index in [1.807, 2.05) is 0 Å². The van der Waals surface area contributed by atoms with Crippen LogP contribution in [0.15, 0.2) is 24.3 Å². The first kappa shape index (κ1) is 16.1. The highest BCUT2D eigenvalue weighted by molar-refractivity contribution is 5.34. The zero-order valence-corrected chi connectivity index (χ0v) is 15.6. The number of rotatable bonds is 1.